The molecule has 1 aromatic heterocycles. The predicted molar refractivity (Wildman–Crippen MR) is 124 cm³/mol. The fraction of sp³-hybridized carbons (Fsp3) is 0.524. The number of likely N-dealkylation sites (N-methyl/N-ethyl adjacent to an activating group) is 1. The van der Waals surface area contributed by atoms with Crippen LogP contribution in [0, 0.1) is 6.92 Å². The largest absolute Gasteiger partial charge is 0.489 e. The number of H-pyrrole nitrogens is 1. The number of aliphatic hydroxyl groups excluding tert-OH is 1. The van der Waals surface area contributed by atoms with Crippen LogP contribution in [-0.4, -0.2) is 71.2 Å². The molecular formula is C21H24Cl2F3N3O4S. The number of hydrogen-bond donors (Lipinski definition) is 2. The molecule has 0 spiro atoms. The number of alkyl halides is 3. The van der Waals surface area contributed by atoms with Crippen LogP contribution in [0.5, 0.6) is 5.75 Å². The summed E-state index contributed by atoms with van der Waals surface area (Å²) in [5.41, 5.74) is -0.624. The van der Waals surface area contributed by atoms with Crippen LogP contribution in [0.2, 0.25) is 10.0 Å². The molecule has 2 N–H and O–H groups in total. The first-order chi connectivity index (χ1) is 15.9. The lowest BCUT2D eigenvalue weighted by Gasteiger charge is -2.34. The van der Waals surface area contributed by atoms with Gasteiger partial charge in [0, 0.05) is 38.2 Å². The van der Waals surface area contributed by atoms with Crippen LogP contribution in [0.1, 0.15) is 33.8 Å². The van der Waals surface area contributed by atoms with E-state index in [9.17, 15) is 27.9 Å². The summed E-state index contributed by atoms with van der Waals surface area (Å²) in [4.78, 5) is 26.8. The van der Waals surface area contributed by atoms with Crippen molar-refractivity contribution in [1.82, 2.24) is 14.8 Å². The standard InChI is InChI=1S/C21H24Cl2F3N3O4S/c1-11-14(22)3-4-15(16(11)23)33-13-5-7-29(8-6-13)10-12(30)9-28(2)19(31)17-18(21(24,25)26)27-20(32)34-17/h3-4,12-13,30H,5-10H2,1-2H3,(H,27,32)/t12-/m0/s1. The zero-order valence-corrected chi connectivity index (χ0v) is 20.7. The molecule has 0 radical (unpaired) electrons. The van der Waals surface area contributed by atoms with Crippen molar-refractivity contribution in [2.45, 2.75) is 38.1 Å². The van der Waals surface area contributed by atoms with Gasteiger partial charge in [0.05, 0.1) is 11.1 Å². The molecule has 7 nitrogen and oxygen atoms in total. The number of aromatic amines is 1. The van der Waals surface area contributed by atoms with Crippen LogP contribution in [-0.2, 0) is 6.18 Å². The van der Waals surface area contributed by atoms with E-state index in [-0.39, 0.29) is 30.5 Å². The number of halogens is 5. The summed E-state index contributed by atoms with van der Waals surface area (Å²) < 4.78 is 45.2. The second-order valence-electron chi connectivity index (χ2n) is 8.16. The van der Waals surface area contributed by atoms with Crippen LogP contribution < -0.4 is 9.61 Å². The van der Waals surface area contributed by atoms with E-state index < -0.39 is 33.6 Å². The molecular weight excluding hydrogens is 518 g/mol. The van der Waals surface area contributed by atoms with Crippen LogP contribution in [0.25, 0.3) is 0 Å². The van der Waals surface area contributed by atoms with E-state index in [2.05, 4.69) is 0 Å². The van der Waals surface area contributed by atoms with Gasteiger partial charge >= 0.3 is 11.0 Å². The Hall–Kier alpha value is -1.79. The number of thiazole rings is 1. The Labute approximate surface area is 208 Å². The van der Waals surface area contributed by atoms with E-state index in [0.717, 1.165) is 10.5 Å². The highest BCUT2D eigenvalue weighted by Crippen LogP contribution is 2.34. The first-order valence-electron chi connectivity index (χ1n) is 10.4. The second-order valence-corrected chi connectivity index (χ2v) is 9.93. The van der Waals surface area contributed by atoms with Crippen LogP contribution in [0.15, 0.2) is 16.9 Å². The molecule has 0 unspecified atom stereocenters. The maximum atomic E-state index is 13.1. The van der Waals surface area contributed by atoms with Gasteiger partial charge in [0.25, 0.3) is 5.91 Å². The molecule has 1 aromatic carbocycles. The molecule has 13 heteroatoms. The number of carbonyl (C=O) groups excluding carboxylic acids is 1. The highest BCUT2D eigenvalue weighted by molar-refractivity contribution is 7.11. The van der Waals surface area contributed by atoms with Gasteiger partial charge in [-0.3, -0.25) is 9.59 Å². The molecule has 0 bridgehead atoms. The summed E-state index contributed by atoms with van der Waals surface area (Å²) >= 11 is 12.6. The summed E-state index contributed by atoms with van der Waals surface area (Å²) in [6, 6.07) is 3.46. The van der Waals surface area contributed by atoms with E-state index in [1.807, 2.05) is 11.8 Å². The Bertz CT molecular complexity index is 1080. The zero-order chi connectivity index (χ0) is 25.2. The topological polar surface area (TPSA) is 85.9 Å². The van der Waals surface area contributed by atoms with E-state index in [0.29, 0.717) is 41.7 Å². The number of amides is 1. The third kappa shape index (κ3) is 6.45. The SMILES string of the molecule is Cc1c(Cl)ccc(OC2CCN(C[C@@H](O)CN(C)C(=O)c3sc(=O)[nH]c3C(F)(F)F)CC2)c1Cl. The van der Waals surface area contributed by atoms with Gasteiger partial charge in [-0.1, -0.05) is 34.5 Å². The number of nitrogens with one attached hydrogen (secondary N) is 1. The minimum Gasteiger partial charge on any atom is -0.489 e. The van der Waals surface area contributed by atoms with Crippen molar-refractivity contribution in [2.24, 2.45) is 0 Å². The highest BCUT2D eigenvalue weighted by Gasteiger charge is 2.39. The van der Waals surface area contributed by atoms with Crippen LogP contribution >= 0.6 is 34.5 Å². The number of hydrogen-bond acceptors (Lipinski definition) is 6. The summed E-state index contributed by atoms with van der Waals surface area (Å²) in [6.07, 6.45) is -4.53. The number of likely N-dealkylation sites (tertiary alicyclic amines) is 1. The Morgan fingerprint density at radius 3 is 2.62 bits per heavy atom. The van der Waals surface area contributed by atoms with Crippen LogP contribution in [0.3, 0.4) is 0 Å². The van der Waals surface area contributed by atoms with Gasteiger partial charge in [0.2, 0.25) is 0 Å². The lowest BCUT2D eigenvalue weighted by molar-refractivity contribution is -0.141. The van der Waals surface area contributed by atoms with E-state index >= 15 is 0 Å². The van der Waals surface area contributed by atoms with Gasteiger partial charge in [-0.25, -0.2) is 0 Å². The summed E-state index contributed by atoms with van der Waals surface area (Å²) in [6.45, 7) is 3.12. The quantitative estimate of drug-likeness (QED) is 0.552. The molecule has 0 saturated carbocycles. The fourth-order valence-corrected chi connectivity index (χ4v) is 4.99. The Morgan fingerprint density at radius 2 is 2.00 bits per heavy atom. The van der Waals surface area contributed by atoms with Gasteiger partial charge < -0.3 is 24.6 Å². The first-order valence-corrected chi connectivity index (χ1v) is 12.0. The van der Waals surface area contributed by atoms with Crippen molar-refractivity contribution in [3.63, 3.8) is 0 Å². The molecule has 1 aliphatic heterocycles. The molecule has 2 aromatic rings. The van der Waals surface area contributed by atoms with Crippen molar-refractivity contribution < 1.29 is 27.8 Å². The molecule has 3 rings (SSSR count). The maximum Gasteiger partial charge on any atom is 0.432 e. The third-order valence-electron chi connectivity index (χ3n) is 5.54. The molecule has 1 saturated heterocycles. The summed E-state index contributed by atoms with van der Waals surface area (Å²) in [5.74, 6) is -0.413. The highest BCUT2D eigenvalue weighted by atomic mass is 35.5. The maximum absolute atomic E-state index is 13.1. The Balaban J connectivity index is 1.50. The number of carbonyl (C=O) groups is 1. The molecule has 1 fully saturated rings. The number of β-amino-alcohol motifs (C(OH)–C–C–N with tert-alkyl or cyclic N) is 1. The Morgan fingerprint density at radius 1 is 1.35 bits per heavy atom. The average molecular weight is 542 g/mol. The van der Waals surface area contributed by atoms with Gasteiger partial charge in [-0.15, -0.1) is 0 Å². The normalized spacial score (nSPS) is 16.5. The van der Waals surface area contributed by atoms with Gasteiger partial charge in [0.15, 0.2) is 0 Å². The van der Waals surface area contributed by atoms with Crippen molar-refractivity contribution in [1.29, 1.82) is 0 Å². The van der Waals surface area contributed by atoms with E-state index in [1.54, 1.807) is 17.1 Å². The van der Waals surface area contributed by atoms with Crippen molar-refractivity contribution in [3.05, 3.63) is 48.0 Å². The van der Waals surface area contributed by atoms with Gasteiger partial charge in [-0.05, 0) is 37.5 Å². The number of nitrogens with zero attached hydrogens (tertiary/aromatic N) is 2. The van der Waals surface area contributed by atoms with E-state index in [1.165, 1.54) is 7.05 Å². The fourth-order valence-electron chi connectivity index (χ4n) is 3.72. The van der Waals surface area contributed by atoms with Crippen molar-refractivity contribution >= 4 is 40.4 Å². The summed E-state index contributed by atoms with van der Waals surface area (Å²) in [7, 11) is 1.29. The molecule has 1 aliphatic rings. The molecule has 188 valence electrons. The number of aromatic nitrogens is 1. The Kier molecular flexibility index (Phi) is 8.56. The summed E-state index contributed by atoms with van der Waals surface area (Å²) in [5, 5.41) is 11.4. The van der Waals surface area contributed by atoms with E-state index in [4.69, 9.17) is 27.9 Å². The van der Waals surface area contributed by atoms with Gasteiger partial charge in [0.1, 0.15) is 22.4 Å². The van der Waals surface area contributed by atoms with Gasteiger partial charge in [-0.2, -0.15) is 13.2 Å². The lowest BCUT2D eigenvalue weighted by atomic mass is 10.1. The molecule has 1 amide bonds. The predicted octanol–water partition coefficient (Wildman–Crippen LogP) is 4.05. The zero-order valence-electron chi connectivity index (χ0n) is 18.4. The lowest BCUT2D eigenvalue weighted by Crippen LogP contribution is -2.45. The number of rotatable bonds is 7. The minimum absolute atomic E-state index is 0.0622. The monoisotopic (exact) mass is 541 g/mol. The minimum atomic E-state index is -4.86. The molecule has 2 heterocycles. The third-order valence-corrected chi connectivity index (χ3v) is 7.29. The number of ether oxygens (including phenoxy) is 1. The van der Waals surface area contributed by atoms with Crippen molar-refractivity contribution in [3.8, 4) is 5.75 Å². The smallest absolute Gasteiger partial charge is 0.432 e. The molecule has 1 atom stereocenters. The first kappa shape index (κ1) is 26.8. The average Bonchev–Trinajstić information content (AvgIpc) is 3.17. The van der Waals surface area contributed by atoms with Crippen LogP contribution in [0.4, 0.5) is 13.2 Å². The van der Waals surface area contributed by atoms with Crippen molar-refractivity contribution in [2.75, 3.05) is 33.2 Å². The number of aliphatic hydroxyl groups is 1. The number of benzene rings is 1. The number of piperidine rings is 1. The second kappa shape index (κ2) is 10.9. The molecule has 34 heavy (non-hydrogen) atoms. The molecule has 0 aliphatic carbocycles.